The van der Waals surface area contributed by atoms with E-state index >= 15 is 0 Å². The summed E-state index contributed by atoms with van der Waals surface area (Å²) in [5.41, 5.74) is 3.16. The van der Waals surface area contributed by atoms with Crippen molar-refractivity contribution in [3.05, 3.63) is 87.4 Å². The molecule has 0 aliphatic heterocycles. The number of amides is 1. The molecule has 8 heteroatoms. The van der Waals surface area contributed by atoms with E-state index in [4.69, 9.17) is 23.2 Å². The molecule has 5 nitrogen and oxygen atoms in total. The Labute approximate surface area is 179 Å². The largest absolute Gasteiger partial charge is 0.322 e. The van der Waals surface area contributed by atoms with Crippen LogP contribution in [0.25, 0.3) is 0 Å². The van der Waals surface area contributed by atoms with Gasteiger partial charge in [0, 0.05) is 11.3 Å². The summed E-state index contributed by atoms with van der Waals surface area (Å²) in [4.78, 5) is 12.5. The maximum Gasteiger partial charge on any atom is 0.261 e. The van der Waals surface area contributed by atoms with Crippen LogP contribution in [0.15, 0.2) is 65.6 Å². The van der Waals surface area contributed by atoms with Crippen LogP contribution in [0.4, 0.5) is 11.4 Å². The average molecular weight is 449 g/mol. The monoisotopic (exact) mass is 448 g/mol. The summed E-state index contributed by atoms with van der Waals surface area (Å²) in [6.07, 6.45) is 0. The topological polar surface area (TPSA) is 75.3 Å². The minimum atomic E-state index is -3.87. The van der Waals surface area contributed by atoms with Gasteiger partial charge in [0.1, 0.15) is 0 Å². The summed E-state index contributed by atoms with van der Waals surface area (Å²) in [5.74, 6) is -0.262. The fraction of sp³-hybridized carbons (Fsp3) is 0.0952. The predicted octanol–water partition coefficient (Wildman–Crippen LogP) is 5.66. The molecule has 0 heterocycles. The highest BCUT2D eigenvalue weighted by Crippen LogP contribution is 2.31. The predicted molar refractivity (Wildman–Crippen MR) is 118 cm³/mol. The van der Waals surface area contributed by atoms with Crippen LogP contribution in [0.1, 0.15) is 21.5 Å². The van der Waals surface area contributed by atoms with Crippen LogP contribution in [0.2, 0.25) is 10.0 Å². The highest BCUT2D eigenvalue weighted by atomic mass is 35.5. The van der Waals surface area contributed by atoms with Crippen molar-refractivity contribution in [2.75, 3.05) is 10.0 Å². The van der Waals surface area contributed by atoms with Crippen LogP contribution in [-0.2, 0) is 10.0 Å². The SMILES string of the molecule is Cc1ccc(C(=O)Nc2ccc(S(=O)(=O)Nc3cccc(Cl)c3Cl)cc2)c(C)c1. The zero-order valence-electron chi connectivity index (χ0n) is 15.7. The normalized spacial score (nSPS) is 11.2. The van der Waals surface area contributed by atoms with E-state index in [0.717, 1.165) is 11.1 Å². The van der Waals surface area contributed by atoms with Crippen molar-refractivity contribution in [1.82, 2.24) is 0 Å². The molecule has 3 rings (SSSR count). The molecule has 1 amide bonds. The summed E-state index contributed by atoms with van der Waals surface area (Å²) >= 11 is 12.0. The first-order valence-corrected chi connectivity index (χ1v) is 10.9. The molecule has 0 bridgehead atoms. The van der Waals surface area contributed by atoms with Crippen molar-refractivity contribution in [2.45, 2.75) is 18.7 Å². The van der Waals surface area contributed by atoms with E-state index in [9.17, 15) is 13.2 Å². The first-order valence-electron chi connectivity index (χ1n) is 8.63. The minimum Gasteiger partial charge on any atom is -0.322 e. The van der Waals surface area contributed by atoms with Crippen molar-refractivity contribution < 1.29 is 13.2 Å². The Morgan fingerprint density at radius 1 is 0.931 bits per heavy atom. The van der Waals surface area contributed by atoms with Crippen molar-refractivity contribution in [3.8, 4) is 0 Å². The average Bonchev–Trinajstić information content (AvgIpc) is 2.65. The van der Waals surface area contributed by atoms with Gasteiger partial charge >= 0.3 is 0 Å². The van der Waals surface area contributed by atoms with Crippen molar-refractivity contribution >= 4 is 50.5 Å². The Morgan fingerprint density at radius 3 is 2.28 bits per heavy atom. The molecule has 0 radical (unpaired) electrons. The summed E-state index contributed by atoms with van der Waals surface area (Å²) in [6.45, 7) is 3.82. The second-order valence-electron chi connectivity index (χ2n) is 6.50. The van der Waals surface area contributed by atoms with Crippen LogP contribution < -0.4 is 10.0 Å². The molecule has 3 aromatic rings. The number of rotatable bonds is 5. The molecule has 0 saturated carbocycles. The van der Waals surface area contributed by atoms with Gasteiger partial charge in [0.05, 0.1) is 20.6 Å². The molecular formula is C21H18Cl2N2O3S. The standard InChI is InChI=1S/C21H18Cl2N2O3S/c1-13-6-11-17(14(2)12-13)21(26)24-15-7-9-16(10-8-15)29(27,28)25-19-5-3-4-18(22)20(19)23/h3-12,25H,1-2H3,(H,24,26). The van der Waals surface area contributed by atoms with E-state index in [1.807, 2.05) is 26.0 Å². The van der Waals surface area contributed by atoms with Crippen LogP contribution in [0.5, 0.6) is 0 Å². The molecule has 0 saturated heterocycles. The number of aryl methyl sites for hydroxylation is 2. The number of anilines is 2. The van der Waals surface area contributed by atoms with E-state index in [1.54, 1.807) is 18.2 Å². The number of sulfonamides is 1. The van der Waals surface area contributed by atoms with Crippen LogP contribution >= 0.6 is 23.2 Å². The summed E-state index contributed by atoms with van der Waals surface area (Å²) in [6, 6.07) is 16.1. The van der Waals surface area contributed by atoms with Crippen LogP contribution in [0, 0.1) is 13.8 Å². The first kappa shape index (κ1) is 21.2. The number of carbonyl (C=O) groups excluding carboxylic acids is 1. The van der Waals surface area contributed by atoms with Crippen molar-refractivity contribution in [1.29, 1.82) is 0 Å². The van der Waals surface area contributed by atoms with Gasteiger partial charge in [-0.3, -0.25) is 9.52 Å². The maximum absolute atomic E-state index is 12.6. The Kier molecular flexibility index (Phi) is 6.17. The van der Waals surface area contributed by atoms with Gasteiger partial charge in [-0.15, -0.1) is 0 Å². The number of halogens is 2. The Bertz CT molecular complexity index is 1180. The van der Waals surface area contributed by atoms with E-state index < -0.39 is 10.0 Å². The van der Waals surface area contributed by atoms with Gasteiger partial charge in [-0.05, 0) is 61.9 Å². The second kappa shape index (κ2) is 8.45. The van der Waals surface area contributed by atoms with Gasteiger partial charge in [-0.25, -0.2) is 8.42 Å². The molecule has 0 aliphatic carbocycles. The highest BCUT2D eigenvalue weighted by molar-refractivity contribution is 7.92. The number of hydrogen-bond acceptors (Lipinski definition) is 3. The molecule has 29 heavy (non-hydrogen) atoms. The second-order valence-corrected chi connectivity index (χ2v) is 8.97. The molecule has 0 spiro atoms. The van der Waals surface area contributed by atoms with Crippen molar-refractivity contribution in [3.63, 3.8) is 0 Å². The van der Waals surface area contributed by atoms with E-state index in [-0.39, 0.29) is 26.5 Å². The summed E-state index contributed by atoms with van der Waals surface area (Å²) in [5, 5.41) is 3.14. The fourth-order valence-electron chi connectivity index (χ4n) is 2.77. The van der Waals surface area contributed by atoms with Gasteiger partial charge in [0.25, 0.3) is 15.9 Å². The maximum atomic E-state index is 12.6. The third-order valence-electron chi connectivity index (χ3n) is 4.24. The molecule has 0 atom stereocenters. The van der Waals surface area contributed by atoms with Crippen LogP contribution in [-0.4, -0.2) is 14.3 Å². The minimum absolute atomic E-state index is 0.0260. The molecule has 0 unspecified atom stereocenters. The smallest absolute Gasteiger partial charge is 0.261 e. The van der Waals surface area contributed by atoms with Crippen molar-refractivity contribution in [2.24, 2.45) is 0 Å². The molecule has 3 aromatic carbocycles. The number of benzene rings is 3. The highest BCUT2D eigenvalue weighted by Gasteiger charge is 2.17. The number of hydrogen-bond donors (Lipinski definition) is 2. The van der Waals surface area contributed by atoms with Gasteiger partial charge in [-0.1, -0.05) is 47.0 Å². The Hall–Kier alpha value is -2.54. The lowest BCUT2D eigenvalue weighted by Crippen LogP contribution is -2.15. The summed E-state index contributed by atoms with van der Waals surface area (Å²) in [7, 11) is -3.87. The van der Waals surface area contributed by atoms with E-state index in [1.165, 1.54) is 30.3 Å². The lowest BCUT2D eigenvalue weighted by atomic mass is 10.1. The zero-order valence-corrected chi connectivity index (χ0v) is 18.0. The molecule has 0 fully saturated rings. The molecule has 0 aliphatic rings. The molecule has 0 aromatic heterocycles. The summed E-state index contributed by atoms with van der Waals surface area (Å²) < 4.78 is 27.6. The van der Waals surface area contributed by atoms with Gasteiger partial charge in [0.2, 0.25) is 0 Å². The third-order valence-corrected chi connectivity index (χ3v) is 6.45. The Morgan fingerprint density at radius 2 is 1.62 bits per heavy atom. The fourth-order valence-corrected chi connectivity index (χ4v) is 4.25. The van der Waals surface area contributed by atoms with E-state index in [0.29, 0.717) is 11.3 Å². The number of nitrogens with one attached hydrogen (secondary N) is 2. The van der Waals surface area contributed by atoms with Crippen LogP contribution in [0.3, 0.4) is 0 Å². The number of carbonyl (C=O) groups is 1. The third kappa shape index (κ3) is 4.90. The van der Waals surface area contributed by atoms with Gasteiger partial charge in [0.15, 0.2) is 0 Å². The van der Waals surface area contributed by atoms with Gasteiger partial charge < -0.3 is 5.32 Å². The molecule has 2 N–H and O–H groups in total. The molecule has 150 valence electrons. The zero-order chi connectivity index (χ0) is 21.2. The lowest BCUT2D eigenvalue weighted by Gasteiger charge is -2.12. The quantitative estimate of drug-likeness (QED) is 0.528. The van der Waals surface area contributed by atoms with Gasteiger partial charge in [-0.2, -0.15) is 0 Å². The lowest BCUT2D eigenvalue weighted by molar-refractivity contribution is 0.102. The first-order chi connectivity index (χ1) is 13.7. The molecular weight excluding hydrogens is 431 g/mol. The van der Waals surface area contributed by atoms with E-state index in [2.05, 4.69) is 10.0 Å². The Balaban J connectivity index is 1.77.